The summed E-state index contributed by atoms with van der Waals surface area (Å²) in [5, 5.41) is 8.23. The zero-order valence-corrected chi connectivity index (χ0v) is 5.53. The highest BCUT2D eigenvalue weighted by atomic mass is 16.6. The largest absolute Gasteiger partial charge is 0.446 e. The molecule has 0 aliphatic carbocycles. The van der Waals surface area contributed by atoms with Gasteiger partial charge < -0.3 is 14.6 Å². The van der Waals surface area contributed by atoms with Crippen LogP contribution >= 0.6 is 0 Å². The van der Waals surface area contributed by atoms with E-state index in [1.54, 1.807) is 0 Å². The van der Waals surface area contributed by atoms with E-state index >= 15 is 0 Å². The number of aliphatic hydroxyl groups excluding tert-OH is 1. The van der Waals surface area contributed by atoms with E-state index in [9.17, 15) is 4.79 Å². The average Bonchev–Trinajstić information content (AvgIpc) is 1.89. The van der Waals surface area contributed by atoms with Crippen LogP contribution in [0.15, 0.2) is 0 Å². The second kappa shape index (κ2) is 6.47. The van der Waals surface area contributed by atoms with Crippen LogP contribution in [0.5, 0.6) is 0 Å². The molecule has 0 aromatic rings. The average molecular weight is 149 g/mol. The van der Waals surface area contributed by atoms with Crippen LogP contribution in [-0.4, -0.2) is 37.6 Å². The topological polar surface area (TPSA) is 81.8 Å². The monoisotopic (exact) mass is 149 g/mol. The van der Waals surface area contributed by atoms with Crippen molar-refractivity contribution in [2.75, 3.05) is 19.8 Å². The molecule has 0 heterocycles. The minimum atomic E-state index is -0.732. The third-order valence-corrected chi connectivity index (χ3v) is 0.748. The Hall–Kier alpha value is -0.650. The highest BCUT2D eigenvalue weighted by Gasteiger charge is 1.99. The molecule has 3 N–H and O–H groups in total. The summed E-state index contributed by atoms with van der Waals surface area (Å²) in [6.07, 6.45) is -0.732. The van der Waals surface area contributed by atoms with Gasteiger partial charge in [-0.1, -0.05) is 0 Å². The van der Waals surface area contributed by atoms with Gasteiger partial charge in [-0.3, -0.25) is 10.5 Å². The molecule has 0 fully saturated rings. The number of nitrogens with two attached hydrogens (primary N) is 1. The number of carbonyl (C=O) groups is 1. The van der Waals surface area contributed by atoms with Crippen LogP contribution in [0.25, 0.3) is 0 Å². The first-order valence-corrected chi connectivity index (χ1v) is 2.84. The van der Waals surface area contributed by atoms with Crippen molar-refractivity contribution >= 4 is 6.47 Å². The standard InChI is InChI=1S/C5H11NO4/c6-5(10-4-8)3-9-2-1-7/h4-5,7H,1-3,6H2. The van der Waals surface area contributed by atoms with Crippen molar-refractivity contribution in [1.29, 1.82) is 0 Å². The van der Waals surface area contributed by atoms with Crippen LogP contribution in [0.3, 0.4) is 0 Å². The molecule has 0 aromatic heterocycles. The van der Waals surface area contributed by atoms with E-state index in [1.165, 1.54) is 0 Å². The summed E-state index contributed by atoms with van der Waals surface area (Å²) in [6, 6.07) is 0. The lowest BCUT2D eigenvalue weighted by molar-refractivity contribution is -0.136. The van der Waals surface area contributed by atoms with E-state index in [2.05, 4.69) is 4.74 Å². The summed E-state index contributed by atoms with van der Waals surface area (Å²) in [5.41, 5.74) is 5.16. The van der Waals surface area contributed by atoms with E-state index in [0.29, 0.717) is 0 Å². The van der Waals surface area contributed by atoms with Crippen molar-refractivity contribution < 1.29 is 19.4 Å². The summed E-state index contributed by atoms with van der Waals surface area (Å²) in [4.78, 5) is 9.64. The van der Waals surface area contributed by atoms with Gasteiger partial charge in [0.25, 0.3) is 6.47 Å². The Morgan fingerprint density at radius 3 is 2.90 bits per heavy atom. The third-order valence-electron chi connectivity index (χ3n) is 0.748. The Balaban J connectivity index is 3.04. The number of aliphatic hydroxyl groups is 1. The van der Waals surface area contributed by atoms with Gasteiger partial charge >= 0.3 is 0 Å². The summed E-state index contributed by atoms with van der Waals surface area (Å²) in [7, 11) is 0. The van der Waals surface area contributed by atoms with Crippen LogP contribution in [-0.2, 0) is 14.3 Å². The van der Waals surface area contributed by atoms with Crippen LogP contribution < -0.4 is 5.73 Å². The highest BCUT2D eigenvalue weighted by molar-refractivity contribution is 5.37. The number of rotatable bonds is 6. The molecule has 0 spiro atoms. The molecule has 0 radical (unpaired) electrons. The predicted molar refractivity (Wildman–Crippen MR) is 33.0 cm³/mol. The molecule has 5 nitrogen and oxygen atoms in total. The minimum absolute atomic E-state index is 0.0617. The molecule has 0 rings (SSSR count). The molecule has 0 aliphatic heterocycles. The second-order valence-electron chi connectivity index (χ2n) is 1.57. The summed E-state index contributed by atoms with van der Waals surface area (Å²) >= 11 is 0. The first kappa shape index (κ1) is 9.35. The zero-order valence-electron chi connectivity index (χ0n) is 5.53. The molecule has 60 valence electrons. The second-order valence-corrected chi connectivity index (χ2v) is 1.57. The van der Waals surface area contributed by atoms with Crippen LogP contribution in [0.1, 0.15) is 0 Å². The van der Waals surface area contributed by atoms with Crippen molar-refractivity contribution in [3.8, 4) is 0 Å². The minimum Gasteiger partial charge on any atom is -0.446 e. The Labute approximate surface area is 58.7 Å². The van der Waals surface area contributed by atoms with E-state index in [0.717, 1.165) is 0 Å². The molecule has 5 heteroatoms. The first-order valence-electron chi connectivity index (χ1n) is 2.84. The number of hydrogen-bond donors (Lipinski definition) is 2. The molecule has 0 aliphatic rings. The van der Waals surface area contributed by atoms with E-state index < -0.39 is 6.23 Å². The van der Waals surface area contributed by atoms with Crippen LogP contribution in [0.4, 0.5) is 0 Å². The fourth-order valence-corrected chi connectivity index (χ4v) is 0.375. The molecule has 0 bridgehead atoms. The maximum absolute atomic E-state index is 9.64. The molecular formula is C5H11NO4. The maximum Gasteiger partial charge on any atom is 0.294 e. The van der Waals surface area contributed by atoms with Crippen molar-refractivity contribution in [3.63, 3.8) is 0 Å². The lowest BCUT2D eigenvalue weighted by Crippen LogP contribution is -2.29. The highest BCUT2D eigenvalue weighted by Crippen LogP contribution is 1.81. The maximum atomic E-state index is 9.64. The van der Waals surface area contributed by atoms with Crippen molar-refractivity contribution in [2.24, 2.45) is 5.73 Å². The van der Waals surface area contributed by atoms with Gasteiger partial charge in [0.2, 0.25) is 0 Å². The van der Waals surface area contributed by atoms with Crippen molar-refractivity contribution in [2.45, 2.75) is 6.23 Å². The fraction of sp³-hybridized carbons (Fsp3) is 0.800. The summed E-state index contributed by atoms with van der Waals surface area (Å²) in [6.45, 7) is 0.510. The molecule has 0 saturated carbocycles. The molecule has 1 unspecified atom stereocenters. The quantitative estimate of drug-likeness (QED) is 0.271. The third kappa shape index (κ3) is 5.49. The molecule has 0 amide bonds. The van der Waals surface area contributed by atoms with Crippen LogP contribution in [0.2, 0.25) is 0 Å². The van der Waals surface area contributed by atoms with Gasteiger partial charge in [-0.2, -0.15) is 0 Å². The van der Waals surface area contributed by atoms with Gasteiger partial charge in [-0.05, 0) is 0 Å². The molecule has 0 saturated heterocycles. The Morgan fingerprint density at radius 1 is 1.70 bits per heavy atom. The van der Waals surface area contributed by atoms with E-state index in [1.807, 2.05) is 0 Å². The van der Waals surface area contributed by atoms with Crippen LogP contribution in [0, 0.1) is 0 Å². The molecule has 1 atom stereocenters. The van der Waals surface area contributed by atoms with E-state index in [4.69, 9.17) is 15.6 Å². The summed E-state index contributed by atoms with van der Waals surface area (Å²) in [5.74, 6) is 0. The Morgan fingerprint density at radius 2 is 2.40 bits per heavy atom. The first-order chi connectivity index (χ1) is 4.81. The Bertz CT molecular complexity index is 87.7. The zero-order chi connectivity index (χ0) is 7.82. The lowest BCUT2D eigenvalue weighted by Gasteiger charge is -2.08. The summed E-state index contributed by atoms with van der Waals surface area (Å²) < 4.78 is 9.02. The van der Waals surface area contributed by atoms with Gasteiger partial charge in [0.1, 0.15) is 0 Å². The number of carbonyl (C=O) groups excluding carboxylic acids is 1. The normalized spacial score (nSPS) is 12.6. The van der Waals surface area contributed by atoms with Gasteiger partial charge in [0.05, 0.1) is 19.8 Å². The van der Waals surface area contributed by atoms with Gasteiger partial charge in [-0.15, -0.1) is 0 Å². The van der Waals surface area contributed by atoms with Gasteiger partial charge in [0, 0.05) is 0 Å². The molecule has 0 aromatic carbocycles. The molecule has 10 heavy (non-hydrogen) atoms. The lowest BCUT2D eigenvalue weighted by atomic mass is 10.6. The fourth-order valence-electron chi connectivity index (χ4n) is 0.375. The van der Waals surface area contributed by atoms with Crippen molar-refractivity contribution in [3.05, 3.63) is 0 Å². The van der Waals surface area contributed by atoms with Gasteiger partial charge in [0.15, 0.2) is 6.23 Å². The Kier molecular flexibility index (Phi) is 6.05. The van der Waals surface area contributed by atoms with E-state index in [-0.39, 0.29) is 26.3 Å². The smallest absolute Gasteiger partial charge is 0.294 e. The van der Waals surface area contributed by atoms with Crippen molar-refractivity contribution in [1.82, 2.24) is 0 Å². The molecular weight excluding hydrogens is 138 g/mol. The number of hydrogen-bond acceptors (Lipinski definition) is 5. The number of ether oxygens (including phenoxy) is 2. The SMILES string of the molecule is NC(COCCO)OC=O. The predicted octanol–water partition coefficient (Wildman–Crippen LogP) is -1.55. The van der Waals surface area contributed by atoms with Gasteiger partial charge in [-0.25, -0.2) is 0 Å².